The van der Waals surface area contributed by atoms with Crippen molar-refractivity contribution in [1.29, 1.82) is 0 Å². The van der Waals surface area contributed by atoms with Crippen molar-refractivity contribution in [2.24, 2.45) is 0 Å². The number of esters is 2. The van der Waals surface area contributed by atoms with Crippen molar-refractivity contribution in [2.45, 2.75) is 11.8 Å². The van der Waals surface area contributed by atoms with Gasteiger partial charge < -0.3 is 14.8 Å². The van der Waals surface area contributed by atoms with E-state index in [1.54, 1.807) is 30.5 Å². The van der Waals surface area contributed by atoms with Crippen LogP contribution in [0.4, 0.5) is 5.00 Å². The number of rotatable bonds is 8. The molecule has 3 rings (SSSR count). The number of thioether (sulfide) groups is 1. The van der Waals surface area contributed by atoms with E-state index >= 15 is 0 Å². The van der Waals surface area contributed by atoms with Crippen molar-refractivity contribution in [3.8, 4) is 11.1 Å². The topological polar surface area (TPSA) is 81.7 Å². The van der Waals surface area contributed by atoms with Crippen molar-refractivity contribution in [3.63, 3.8) is 0 Å². The van der Waals surface area contributed by atoms with Crippen LogP contribution in [0.5, 0.6) is 0 Å². The molecule has 32 heavy (non-hydrogen) atoms. The molecule has 3 aromatic rings. The number of benzene rings is 2. The first-order valence-corrected chi connectivity index (χ1v) is 12.1. The Morgan fingerprint density at radius 3 is 2.50 bits per heavy atom. The lowest BCUT2D eigenvalue weighted by molar-refractivity contribution is -0.119. The molecule has 166 valence electrons. The molecule has 0 radical (unpaired) electrons. The van der Waals surface area contributed by atoms with Crippen molar-refractivity contribution >= 4 is 57.5 Å². The van der Waals surface area contributed by atoms with Gasteiger partial charge in [0.25, 0.3) is 5.91 Å². The highest BCUT2D eigenvalue weighted by Gasteiger charge is 2.23. The van der Waals surface area contributed by atoms with E-state index in [4.69, 9.17) is 21.1 Å². The van der Waals surface area contributed by atoms with Gasteiger partial charge in [-0.3, -0.25) is 4.79 Å². The van der Waals surface area contributed by atoms with Crippen LogP contribution in [0.1, 0.15) is 27.6 Å². The first kappa shape index (κ1) is 23.8. The standard InChI is InChI=1S/C23H20ClNO5S2/c1-3-29-23(28)20-17(14-7-5-4-6-8-14)13-32-21(20)25-19(26)12-30-22(27)16-11-15(31-2)9-10-18(16)24/h4-11,13H,3,12H2,1-2H3,(H,25,26). The van der Waals surface area contributed by atoms with E-state index in [0.29, 0.717) is 10.6 Å². The minimum absolute atomic E-state index is 0.181. The zero-order valence-electron chi connectivity index (χ0n) is 17.3. The largest absolute Gasteiger partial charge is 0.462 e. The van der Waals surface area contributed by atoms with Gasteiger partial charge in [-0.1, -0.05) is 41.9 Å². The predicted molar refractivity (Wildman–Crippen MR) is 128 cm³/mol. The Bertz CT molecular complexity index is 1130. The number of hydrogen-bond donors (Lipinski definition) is 1. The molecule has 9 heteroatoms. The Morgan fingerprint density at radius 2 is 1.81 bits per heavy atom. The molecule has 0 fully saturated rings. The summed E-state index contributed by atoms with van der Waals surface area (Å²) in [5, 5.41) is 4.99. The third-order valence-electron chi connectivity index (χ3n) is 4.34. The van der Waals surface area contributed by atoms with Crippen LogP contribution in [-0.4, -0.2) is 37.3 Å². The van der Waals surface area contributed by atoms with E-state index in [9.17, 15) is 14.4 Å². The molecule has 0 atom stereocenters. The highest BCUT2D eigenvalue weighted by atomic mass is 35.5. The average molecular weight is 490 g/mol. The molecular formula is C23H20ClNO5S2. The van der Waals surface area contributed by atoms with Crippen LogP contribution in [0.2, 0.25) is 5.02 Å². The maximum absolute atomic E-state index is 12.6. The molecule has 2 aromatic carbocycles. The molecular weight excluding hydrogens is 470 g/mol. The molecule has 6 nitrogen and oxygen atoms in total. The Balaban J connectivity index is 1.74. The van der Waals surface area contributed by atoms with Gasteiger partial charge in [0.1, 0.15) is 10.6 Å². The molecule has 1 amide bonds. The monoisotopic (exact) mass is 489 g/mol. The van der Waals surface area contributed by atoms with E-state index < -0.39 is 24.5 Å². The van der Waals surface area contributed by atoms with Crippen molar-refractivity contribution in [1.82, 2.24) is 0 Å². The summed E-state index contributed by atoms with van der Waals surface area (Å²) >= 11 is 8.73. The number of ether oxygens (including phenoxy) is 2. The zero-order chi connectivity index (χ0) is 23.1. The number of halogens is 1. The number of carbonyl (C=O) groups excluding carboxylic acids is 3. The lowest BCUT2D eigenvalue weighted by Crippen LogP contribution is -2.22. The Hall–Kier alpha value is -2.81. The average Bonchev–Trinajstić information content (AvgIpc) is 3.22. The summed E-state index contributed by atoms with van der Waals surface area (Å²) in [6.45, 7) is 1.38. The number of anilines is 1. The fraction of sp³-hybridized carbons (Fsp3) is 0.174. The highest BCUT2D eigenvalue weighted by molar-refractivity contribution is 7.98. The maximum Gasteiger partial charge on any atom is 0.341 e. The van der Waals surface area contributed by atoms with Crippen molar-refractivity contribution < 1.29 is 23.9 Å². The molecule has 0 unspecified atom stereocenters. The van der Waals surface area contributed by atoms with Gasteiger partial charge in [0, 0.05) is 15.8 Å². The van der Waals surface area contributed by atoms with Crippen LogP contribution in [0.25, 0.3) is 11.1 Å². The summed E-state index contributed by atoms with van der Waals surface area (Å²) in [7, 11) is 0. The summed E-state index contributed by atoms with van der Waals surface area (Å²) in [6, 6.07) is 14.3. The smallest absolute Gasteiger partial charge is 0.341 e. The Labute approximate surface area is 198 Å². The SMILES string of the molecule is CCOC(=O)c1c(-c2ccccc2)csc1NC(=O)COC(=O)c1cc(SC)ccc1Cl. The summed E-state index contributed by atoms with van der Waals surface area (Å²) in [5.74, 6) is -1.83. The summed E-state index contributed by atoms with van der Waals surface area (Å²) < 4.78 is 10.3. The minimum Gasteiger partial charge on any atom is -0.462 e. The Kier molecular flexibility index (Phi) is 8.33. The van der Waals surface area contributed by atoms with E-state index in [1.807, 2.05) is 36.6 Å². The van der Waals surface area contributed by atoms with Crippen LogP contribution in [-0.2, 0) is 14.3 Å². The second-order valence-electron chi connectivity index (χ2n) is 6.41. The second kappa shape index (κ2) is 11.2. The van der Waals surface area contributed by atoms with Crippen molar-refractivity contribution in [3.05, 3.63) is 70.1 Å². The normalized spacial score (nSPS) is 10.5. The molecule has 1 heterocycles. The molecule has 0 saturated carbocycles. The van der Waals surface area contributed by atoms with Gasteiger partial charge in [0.15, 0.2) is 6.61 Å². The molecule has 0 spiro atoms. The summed E-state index contributed by atoms with van der Waals surface area (Å²) in [4.78, 5) is 38.3. The first-order valence-electron chi connectivity index (χ1n) is 9.59. The lowest BCUT2D eigenvalue weighted by atomic mass is 10.0. The summed E-state index contributed by atoms with van der Waals surface area (Å²) in [6.07, 6.45) is 1.87. The quantitative estimate of drug-likeness (QED) is 0.320. The molecule has 0 bridgehead atoms. The molecule has 0 aliphatic carbocycles. The van der Waals surface area contributed by atoms with Gasteiger partial charge >= 0.3 is 11.9 Å². The number of carbonyl (C=O) groups is 3. The van der Waals surface area contributed by atoms with Crippen LogP contribution in [0.3, 0.4) is 0 Å². The van der Waals surface area contributed by atoms with Gasteiger partial charge in [-0.2, -0.15) is 0 Å². The third-order valence-corrected chi connectivity index (χ3v) is 6.29. The summed E-state index contributed by atoms with van der Waals surface area (Å²) in [5.41, 5.74) is 1.92. The molecule has 1 aromatic heterocycles. The van der Waals surface area contributed by atoms with E-state index in [1.165, 1.54) is 23.1 Å². The van der Waals surface area contributed by atoms with Gasteiger partial charge in [-0.15, -0.1) is 23.1 Å². The molecule has 0 saturated heterocycles. The Morgan fingerprint density at radius 1 is 1.06 bits per heavy atom. The van der Waals surface area contributed by atoms with Crippen LogP contribution in [0, 0.1) is 0 Å². The van der Waals surface area contributed by atoms with Crippen LogP contribution in [0.15, 0.2) is 58.8 Å². The van der Waals surface area contributed by atoms with E-state index in [-0.39, 0.29) is 22.8 Å². The van der Waals surface area contributed by atoms with Gasteiger partial charge in [0.2, 0.25) is 0 Å². The van der Waals surface area contributed by atoms with Crippen LogP contribution >= 0.6 is 34.7 Å². The highest BCUT2D eigenvalue weighted by Crippen LogP contribution is 2.36. The number of amides is 1. The van der Waals surface area contributed by atoms with Gasteiger partial charge in [0.05, 0.1) is 17.2 Å². The zero-order valence-corrected chi connectivity index (χ0v) is 19.7. The molecule has 1 N–H and O–H groups in total. The molecule has 0 aliphatic heterocycles. The second-order valence-corrected chi connectivity index (χ2v) is 8.58. The number of nitrogens with one attached hydrogen (secondary N) is 1. The van der Waals surface area contributed by atoms with Gasteiger partial charge in [-0.05, 0) is 36.9 Å². The maximum atomic E-state index is 12.6. The fourth-order valence-corrected chi connectivity index (χ4v) is 4.45. The first-order chi connectivity index (χ1) is 15.4. The third kappa shape index (κ3) is 5.70. The number of thiophene rings is 1. The van der Waals surface area contributed by atoms with Crippen molar-refractivity contribution in [2.75, 3.05) is 24.8 Å². The number of hydrogen-bond acceptors (Lipinski definition) is 7. The molecule has 0 aliphatic rings. The minimum atomic E-state index is -0.706. The van der Waals surface area contributed by atoms with E-state index in [2.05, 4.69) is 5.32 Å². The van der Waals surface area contributed by atoms with Crippen LogP contribution < -0.4 is 5.32 Å². The fourth-order valence-electron chi connectivity index (χ4n) is 2.85. The van der Waals surface area contributed by atoms with E-state index in [0.717, 1.165) is 10.5 Å². The lowest BCUT2D eigenvalue weighted by Gasteiger charge is -2.10. The predicted octanol–water partition coefficient (Wildman–Crippen LogP) is 5.76. The van der Waals surface area contributed by atoms with Gasteiger partial charge in [-0.25, -0.2) is 9.59 Å².